The number of carbonyl (C=O) groups excluding carboxylic acids is 11. The van der Waals surface area contributed by atoms with Crippen molar-refractivity contribution in [1.82, 2.24) is 76.8 Å². The van der Waals surface area contributed by atoms with Crippen LogP contribution >= 0.6 is 11.8 Å². The Morgan fingerprint density at radius 1 is 0.573 bits per heavy atom. The Labute approximate surface area is 639 Å². The molecule has 110 heavy (non-hydrogen) atoms. The van der Waals surface area contributed by atoms with E-state index in [-0.39, 0.29) is 103 Å². The summed E-state index contributed by atoms with van der Waals surface area (Å²) in [6.45, 7) is 5.29. The number of hydrogen-bond donors (Lipinski definition) is 17. The van der Waals surface area contributed by atoms with Crippen LogP contribution in [0.2, 0.25) is 0 Å². The number of hydrogen-bond acceptors (Lipinski definition) is 19. The van der Waals surface area contributed by atoms with Crippen molar-refractivity contribution in [2.45, 2.75) is 196 Å². The van der Waals surface area contributed by atoms with E-state index in [4.69, 9.17) is 27.1 Å². The number of para-hydroxylation sites is 2. The molecule has 13 atom stereocenters. The Morgan fingerprint density at radius 3 is 1.58 bits per heavy atom. The van der Waals surface area contributed by atoms with Gasteiger partial charge in [-0.05, 0) is 119 Å². The van der Waals surface area contributed by atoms with Gasteiger partial charge >= 0.3 is 5.97 Å². The van der Waals surface area contributed by atoms with Crippen molar-refractivity contribution in [3.63, 3.8) is 0 Å². The van der Waals surface area contributed by atoms with Crippen molar-refractivity contribution in [2.24, 2.45) is 28.1 Å². The minimum absolute atomic E-state index is 0.0118. The molecule has 20 N–H and O–H groups in total. The van der Waals surface area contributed by atoms with Crippen LogP contribution in [0.15, 0.2) is 78.4 Å². The van der Waals surface area contributed by atoms with Crippen LogP contribution < -0.4 is 54.4 Å². The lowest BCUT2D eigenvalue weighted by molar-refractivity contribution is -0.149. The third-order valence-electron chi connectivity index (χ3n) is 20.0. The molecule has 5 aromatic rings. The first-order valence-electron chi connectivity index (χ1n) is 36.9. The molecule has 4 fully saturated rings. The van der Waals surface area contributed by atoms with Crippen molar-refractivity contribution in [1.29, 1.82) is 0 Å². The van der Waals surface area contributed by atoms with Crippen LogP contribution in [0, 0.1) is 5.92 Å². The molecule has 0 saturated carbocycles. The number of aliphatic imine (C=N–C) groups is 1. The number of rotatable bonds is 35. The predicted molar refractivity (Wildman–Crippen MR) is 404 cm³/mol. The number of amides is 11. The third-order valence-corrected chi connectivity index (χ3v) is 20.7. The number of thioether (sulfide) groups is 1. The number of benzene rings is 2. The van der Waals surface area contributed by atoms with Gasteiger partial charge in [0.1, 0.15) is 72.5 Å². The quantitative estimate of drug-likeness (QED) is 0.0120. The molecule has 598 valence electrons. The number of imidazole rings is 1. The summed E-state index contributed by atoms with van der Waals surface area (Å²) in [5.74, 6) is -10.5. The maximum atomic E-state index is 14.9. The monoisotopic (exact) mass is 1550 g/mol. The Morgan fingerprint density at radius 2 is 1.04 bits per heavy atom. The number of aromatic amines is 3. The first-order valence-corrected chi connectivity index (χ1v) is 38.3. The molecule has 0 spiro atoms. The summed E-state index contributed by atoms with van der Waals surface area (Å²) in [5, 5.41) is 59.2. The summed E-state index contributed by atoms with van der Waals surface area (Å²) < 4.78 is 0. The van der Waals surface area contributed by atoms with Crippen LogP contribution in [0.3, 0.4) is 0 Å². The molecule has 0 aliphatic carbocycles. The topological polar surface area (TPSA) is 551 Å². The highest BCUT2D eigenvalue weighted by molar-refractivity contribution is 7.98. The van der Waals surface area contributed by atoms with Gasteiger partial charge in [0.2, 0.25) is 65.0 Å². The van der Waals surface area contributed by atoms with Gasteiger partial charge in [-0.15, -0.1) is 0 Å². The first-order chi connectivity index (χ1) is 52.5. The summed E-state index contributed by atoms with van der Waals surface area (Å²) in [7, 11) is 0. The first kappa shape index (κ1) is 85.0. The molecule has 4 saturated heterocycles. The number of carboxylic acids is 2. The van der Waals surface area contributed by atoms with Gasteiger partial charge in [0.05, 0.1) is 19.0 Å². The Balaban J connectivity index is 0.00000371. The SMILES string of the molecule is CC(=O)O.CSCCC(NC(=O)C1CCCN1C(=O)C1CCCN1C(=O)C(CCCN=C(N)N)NC(=O)C(Cc1cnc[nH]1)NC(=O)C(N)C(C)O)C(=O)NC(Cc1c[nH]c2ccccc12)C(=O)NC(CO)C(=O)N1CCCC1C(=O)NC(C(=O)NC(Cc1c[nH]c2ccccc12)C(=O)N1CCCC1C(=O)O)C(C)C. The Kier molecular flexibility index (Phi) is 31.0. The molecule has 2 aromatic carbocycles. The van der Waals surface area contributed by atoms with E-state index in [9.17, 15) is 72.9 Å². The number of H-pyrrole nitrogens is 3. The van der Waals surface area contributed by atoms with Gasteiger partial charge in [0.15, 0.2) is 5.96 Å². The van der Waals surface area contributed by atoms with E-state index in [2.05, 4.69) is 62.1 Å². The summed E-state index contributed by atoms with van der Waals surface area (Å²) in [5.41, 5.74) is 20.3. The molecule has 3 aromatic heterocycles. The van der Waals surface area contributed by atoms with Gasteiger partial charge in [-0.1, -0.05) is 50.2 Å². The average Bonchev–Trinajstić information content (AvgIpc) is 1.84. The molecule has 0 bridgehead atoms. The fraction of sp³-hybridized carbons (Fsp3) is 0.548. The molecule has 0 radical (unpaired) electrons. The maximum Gasteiger partial charge on any atom is 0.326 e. The number of nitrogens with zero attached hydrogens (tertiary/aromatic N) is 6. The molecule has 4 aliphatic heterocycles. The number of nitrogens with one attached hydrogen (secondary N) is 10. The maximum absolute atomic E-state index is 14.9. The van der Waals surface area contributed by atoms with Crippen molar-refractivity contribution >= 4 is 116 Å². The lowest BCUT2D eigenvalue weighted by Crippen LogP contribution is -2.61. The second kappa shape index (κ2) is 40.1. The number of aliphatic hydroxyl groups excluding tert-OH is 2. The predicted octanol–water partition coefficient (Wildman–Crippen LogP) is -1.90. The van der Waals surface area contributed by atoms with Crippen molar-refractivity contribution < 1.29 is 82.8 Å². The molecule has 36 nitrogen and oxygen atoms in total. The van der Waals surface area contributed by atoms with Gasteiger partial charge < -0.3 is 109 Å². The zero-order valence-corrected chi connectivity index (χ0v) is 63.1. The van der Waals surface area contributed by atoms with Gasteiger partial charge in [0.25, 0.3) is 5.97 Å². The van der Waals surface area contributed by atoms with Crippen LogP contribution in [-0.2, 0) is 81.6 Å². The van der Waals surface area contributed by atoms with Crippen molar-refractivity contribution in [3.8, 4) is 0 Å². The van der Waals surface area contributed by atoms with Crippen LogP contribution in [0.5, 0.6) is 0 Å². The molecule has 13 unspecified atom stereocenters. The summed E-state index contributed by atoms with van der Waals surface area (Å²) in [6, 6.07) is -0.834. The number of nitrogens with two attached hydrogens (primary N) is 3. The van der Waals surface area contributed by atoms with Crippen molar-refractivity contribution in [2.75, 3.05) is 51.3 Å². The second-order valence-corrected chi connectivity index (χ2v) is 29.3. The van der Waals surface area contributed by atoms with E-state index in [0.29, 0.717) is 59.2 Å². The zero-order chi connectivity index (χ0) is 80.0. The van der Waals surface area contributed by atoms with E-state index in [1.54, 1.807) is 38.6 Å². The van der Waals surface area contributed by atoms with E-state index >= 15 is 0 Å². The van der Waals surface area contributed by atoms with Crippen molar-refractivity contribution in [3.05, 3.63) is 90.3 Å². The summed E-state index contributed by atoms with van der Waals surface area (Å²) >= 11 is 1.38. The number of carboxylic acid groups (broad SMARTS) is 2. The molecule has 11 amide bonds. The van der Waals surface area contributed by atoms with E-state index in [1.165, 1.54) is 50.8 Å². The average molecular weight is 1550 g/mol. The van der Waals surface area contributed by atoms with Crippen LogP contribution in [0.25, 0.3) is 21.8 Å². The number of fused-ring (bicyclic) bond motifs is 2. The standard InChI is InChI=1S/C71H99N19O15S.C2H4O2/c1-38(2)58(65(99)84-51(67(101)90-28-13-22-56(90)70(104)105)31-41-34-78-46-17-8-6-15-44(41)46)86-63(97)54-20-10-25-87(54)68(102)52(36-91)85-60(94)49(30-40-33-77-45-16-7-5-14-43(40)45)82-59(93)47(23-29-106-4)80-62(96)53-19-11-26-88(53)69(103)55-21-12-27-89(55)66(100)48(18-9-24-76-71(73)74)81-61(95)50(32-42-35-75-37-79-42)83-64(98)57(72)39(3)92;1-2(3)4/h5-8,14-17,33-35,37-39,47-58,77-78,91-92H,9-13,18-32,36,72H2,1-4H3,(H,75,79)(H,80,96)(H,81,95)(H,82,93)(H,83,98)(H,84,99)(H,85,94)(H,86,97)(H,104,105)(H4,73,74,76);1H3,(H,3,4). The highest BCUT2D eigenvalue weighted by atomic mass is 32.2. The normalized spacial score (nSPS) is 19.3. The lowest BCUT2D eigenvalue weighted by Gasteiger charge is -2.34. The molecule has 4 aliphatic rings. The number of guanidine groups is 1. The van der Waals surface area contributed by atoms with Gasteiger partial charge in [-0.2, -0.15) is 11.8 Å². The molecule has 37 heteroatoms. The summed E-state index contributed by atoms with van der Waals surface area (Å²) in [6.07, 6.45) is 8.95. The fourth-order valence-corrected chi connectivity index (χ4v) is 14.8. The van der Waals surface area contributed by atoms with Gasteiger partial charge in [-0.25, -0.2) is 9.78 Å². The lowest BCUT2D eigenvalue weighted by atomic mass is 9.99. The van der Waals surface area contributed by atoms with E-state index < -0.39 is 168 Å². The Hall–Kier alpha value is -10.7. The Bertz CT molecular complexity index is 4100. The third kappa shape index (κ3) is 22.3. The van der Waals surface area contributed by atoms with Crippen LogP contribution in [0.1, 0.15) is 115 Å². The highest BCUT2D eigenvalue weighted by Crippen LogP contribution is 2.29. The second-order valence-electron chi connectivity index (χ2n) is 28.3. The molecule has 7 heterocycles. The molecule has 9 rings (SSSR count). The summed E-state index contributed by atoms with van der Waals surface area (Å²) in [4.78, 5) is 203. The van der Waals surface area contributed by atoms with E-state index in [1.807, 2.05) is 42.5 Å². The number of aromatic nitrogens is 4. The molecular formula is C73H103N19O17S. The van der Waals surface area contributed by atoms with Crippen LogP contribution in [-0.4, -0.2) is 273 Å². The number of aliphatic hydroxyl groups is 2. The molecular weight excluding hydrogens is 1450 g/mol. The minimum atomic E-state index is -1.67. The number of likely N-dealkylation sites (tertiary alicyclic amines) is 4. The highest BCUT2D eigenvalue weighted by Gasteiger charge is 2.47. The van der Waals surface area contributed by atoms with Gasteiger partial charge in [-0.3, -0.25) is 62.5 Å². The minimum Gasteiger partial charge on any atom is -0.481 e. The fourth-order valence-electron chi connectivity index (χ4n) is 14.3. The number of aliphatic carboxylic acids is 2. The van der Waals surface area contributed by atoms with E-state index in [0.717, 1.165) is 17.8 Å². The van der Waals surface area contributed by atoms with Crippen LogP contribution in [0.4, 0.5) is 0 Å². The number of carbonyl (C=O) groups is 13. The smallest absolute Gasteiger partial charge is 0.326 e. The van der Waals surface area contributed by atoms with Gasteiger partial charge in [0, 0.05) is 105 Å². The largest absolute Gasteiger partial charge is 0.481 e. The zero-order valence-electron chi connectivity index (χ0n) is 62.3.